The zero-order valence-electron chi connectivity index (χ0n) is 15.6. The molecule has 0 radical (unpaired) electrons. The van der Waals surface area contributed by atoms with E-state index in [1.165, 1.54) is 5.56 Å². The number of aryl methyl sites for hydroxylation is 1. The molecule has 0 aliphatic carbocycles. The number of aromatic nitrogens is 2. The highest BCUT2D eigenvalue weighted by atomic mass is 15.3. The summed E-state index contributed by atoms with van der Waals surface area (Å²) in [7, 11) is 0. The molecule has 0 saturated carbocycles. The van der Waals surface area contributed by atoms with Gasteiger partial charge in [-0.25, -0.2) is 4.98 Å². The van der Waals surface area contributed by atoms with Crippen LogP contribution >= 0.6 is 0 Å². The molecule has 1 aromatic carbocycles. The summed E-state index contributed by atoms with van der Waals surface area (Å²) < 4.78 is 0. The van der Waals surface area contributed by atoms with E-state index < -0.39 is 0 Å². The normalized spacial score (nSPS) is 15.4. The van der Waals surface area contributed by atoms with Gasteiger partial charge in [-0.15, -0.1) is 0 Å². The summed E-state index contributed by atoms with van der Waals surface area (Å²) in [5.41, 5.74) is 2.32. The fourth-order valence-electron chi connectivity index (χ4n) is 3.26. The zero-order valence-corrected chi connectivity index (χ0v) is 15.6. The quantitative estimate of drug-likeness (QED) is 0.808. The molecule has 25 heavy (non-hydrogen) atoms. The number of hydrogen-bond acceptors (Lipinski definition) is 5. The molecule has 1 saturated heterocycles. The van der Waals surface area contributed by atoms with E-state index in [2.05, 4.69) is 71.9 Å². The van der Waals surface area contributed by atoms with Crippen molar-refractivity contribution in [2.45, 2.75) is 27.3 Å². The maximum Gasteiger partial charge on any atom is 0.227 e. The monoisotopic (exact) mass is 339 g/mol. The van der Waals surface area contributed by atoms with Crippen molar-refractivity contribution >= 4 is 11.8 Å². The second-order valence-electron chi connectivity index (χ2n) is 6.59. The van der Waals surface area contributed by atoms with Gasteiger partial charge in [0.15, 0.2) is 0 Å². The summed E-state index contributed by atoms with van der Waals surface area (Å²) >= 11 is 0. The Morgan fingerprint density at radius 2 is 1.72 bits per heavy atom. The minimum absolute atomic E-state index is 0.833. The summed E-state index contributed by atoms with van der Waals surface area (Å²) in [6.45, 7) is 13.6. The lowest BCUT2D eigenvalue weighted by Gasteiger charge is -2.35. The molecule has 0 bridgehead atoms. The zero-order chi connectivity index (χ0) is 17.6. The Labute approximate surface area is 151 Å². The van der Waals surface area contributed by atoms with Gasteiger partial charge in [-0.05, 0) is 26.0 Å². The standard InChI is InChI=1S/C20H29N5/c1-4-23-11-13-25(14-12-23)19-15-17(3)21-20(22-19)24(5-2)16-18-9-7-6-8-10-18/h6-10,15H,4-5,11-14,16H2,1-3H3. The van der Waals surface area contributed by atoms with Crippen LogP contribution in [0.25, 0.3) is 0 Å². The summed E-state index contributed by atoms with van der Waals surface area (Å²) in [4.78, 5) is 16.7. The van der Waals surface area contributed by atoms with Crippen molar-refractivity contribution in [1.82, 2.24) is 14.9 Å². The Balaban J connectivity index is 1.78. The van der Waals surface area contributed by atoms with Crippen molar-refractivity contribution in [3.05, 3.63) is 47.7 Å². The van der Waals surface area contributed by atoms with Crippen LogP contribution in [0.5, 0.6) is 0 Å². The maximum absolute atomic E-state index is 4.90. The van der Waals surface area contributed by atoms with E-state index in [0.717, 1.165) is 63.3 Å². The minimum atomic E-state index is 0.833. The van der Waals surface area contributed by atoms with E-state index in [0.29, 0.717) is 0 Å². The van der Waals surface area contributed by atoms with E-state index in [9.17, 15) is 0 Å². The second-order valence-corrected chi connectivity index (χ2v) is 6.59. The molecule has 2 aromatic rings. The van der Waals surface area contributed by atoms with Crippen LogP contribution in [-0.2, 0) is 6.54 Å². The van der Waals surface area contributed by atoms with Crippen molar-refractivity contribution in [2.75, 3.05) is 49.1 Å². The molecule has 134 valence electrons. The van der Waals surface area contributed by atoms with Crippen LogP contribution in [0.4, 0.5) is 11.8 Å². The number of nitrogens with zero attached hydrogens (tertiary/aromatic N) is 5. The molecule has 0 spiro atoms. The molecular weight excluding hydrogens is 310 g/mol. The van der Waals surface area contributed by atoms with Gasteiger partial charge >= 0.3 is 0 Å². The topological polar surface area (TPSA) is 35.5 Å². The maximum atomic E-state index is 4.90. The highest BCUT2D eigenvalue weighted by Gasteiger charge is 2.19. The van der Waals surface area contributed by atoms with Crippen molar-refractivity contribution in [1.29, 1.82) is 0 Å². The predicted molar refractivity (Wildman–Crippen MR) is 104 cm³/mol. The van der Waals surface area contributed by atoms with Crippen LogP contribution in [0, 0.1) is 6.92 Å². The molecule has 1 aromatic heterocycles. The minimum Gasteiger partial charge on any atom is -0.354 e. The molecule has 1 aliphatic rings. The Bertz CT molecular complexity index is 665. The van der Waals surface area contributed by atoms with Gasteiger partial charge in [0.05, 0.1) is 0 Å². The first-order valence-electron chi connectivity index (χ1n) is 9.31. The Kier molecular flexibility index (Phi) is 5.87. The Morgan fingerprint density at radius 3 is 2.36 bits per heavy atom. The third kappa shape index (κ3) is 4.48. The van der Waals surface area contributed by atoms with Gasteiger partial charge in [0.1, 0.15) is 5.82 Å². The molecule has 0 unspecified atom stereocenters. The van der Waals surface area contributed by atoms with Crippen molar-refractivity contribution in [2.24, 2.45) is 0 Å². The molecule has 5 heteroatoms. The molecular formula is C20H29N5. The number of rotatable bonds is 6. The largest absolute Gasteiger partial charge is 0.354 e. The van der Waals surface area contributed by atoms with Crippen LogP contribution in [0.1, 0.15) is 25.1 Å². The molecule has 1 fully saturated rings. The first-order chi connectivity index (χ1) is 12.2. The smallest absolute Gasteiger partial charge is 0.227 e. The van der Waals surface area contributed by atoms with Crippen molar-refractivity contribution in [3.63, 3.8) is 0 Å². The third-order valence-corrected chi connectivity index (χ3v) is 4.85. The van der Waals surface area contributed by atoms with Crippen molar-refractivity contribution < 1.29 is 0 Å². The number of likely N-dealkylation sites (N-methyl/N-ethyl adjacent to an activating group) is 1. The van der Waals surface area contributed by atoms with Gasteiger partial charge in [-0.3, -0.25) is 0 Å². The first-order valence-corrected chi connectivity index (χ1v) is 9.31. The van der Waals surface area contributed by atoms with E-state index in [-0.39, 0.29) is 0 Å². The summed E-state index contributed by atoms with van der Waals surface area (Å²) in [5, 5.41) is 0. The molecule has 0 amide bonds. The molecule has 2 heterocycles. The van der Waals surface area contributed by atoms with Gasteiger partial charge in [-0.2, -0.15) is 4.98 Å². The van der Waals surface area contributed by atoms with Crippen LogP contribution in [0.2, 0.25) is 0 Å². The van der Waals surface area contributed by atoms with Crippen LogP contribution in [0.15, 0.2) is 36.4 Å². The van der Waals surface area contributed by atoms with Crippen molar-refractivity contribution in [3.8, 4) is 0 Å². The van der Waals surface area contributed by atoms with E-state index in [4.69, 9.17) is 9.97 Å². The fourth-order valence-corrected chi connectivity index (χ4v) is 3.26. The fraction of sp³-hybridized carbons (Fsp3) is 0.500. The van der Waals surface area contributed by atoms with Crippen LogP contribution < -0.4 is 9.80 Å². The van der Waals surface area contributed by atoms with E-state index >= 15 is 0 Å². The summed E-state index contributed by atoms with van der Waals surface area (Å²) in [5.74, 6) is 1.89. The van der Waals surface area contributed by atoms with E-state index in [1.54, 1.807) is 0 Å². The molecule has 0 atom stereocenters. The second kappa shape index (κ2) is 8.30. The number of benzene rings is 1. The highest BCUT2D eigenvalue weighted by molar-refractivity contribution is 5.46. The summed E-state index contributed by atoms with van der Waals surface area (Å²) in [6.07, 6.45) is 0. The third-order valence-electron chi connectivity index (χ3n) is 4.85. The molecule has 1 aliphatic heterocycles. The molecule has 0 N–H and O–H groups in total. The number of anilines is 2. The average Bonchev–Trinajstić information content (AvgIpc) is 2.66. The predicted octanol–water partition coefficient (Wildman–Crippen LogP) is 2.95. The molecule has 5 nitrogen and oxygen atoms in total. The van der Waals surface area contributed by atoms with Gasteiger partial charge in [0.2, 0.25) is 5.95 Å². The number of hydrogen-bond donors (Lipinski definition) is 0. The van der Waals surface area contributed by atoms with E-state index in [1.807, 2.05) is 0 Å². The Hall–Kier alpha value is -2.14. The highest BCUT2D eigenvalue weighted by Crippen LogP contribution is 2.20. The van der Waals surface area contributed by atoms with Gasteiger partial charge in [-0.1, -0.05) is 37.3 Å². The summed E-state index contributed by atoms with van der Waals surface area (Å²) in [6, 6.07) is 12.6. The van der Waals surface area contributed by atoms with Crippen LogP contribution in [-0.4, -0.2) is 54.1 Å². The van der Waals surface area contributed by atoms with Gasteiger partial charge in [0, 0.05) is 51.0 Å². The molecule has 3 rings (SSSR count). The van der Waals surface area contributed by atoms with Gasteiger partial charge in [0.25, 0.3) is 0 Å². The van der Waals surface area contributed by atoms with Crippen LogP contribution in [0.3, 0.4) is 0 Å². The lowest BCUT2D eigenvalue weighted by Crippen LogP contribution is -2.46. The first kappa shape index (κ1) is 17.7. The lowest BCUT2D eigenvalue weighted by atomic mass is 10.2. The SMILES string of the molecule is CCN1CCN(c2cc(C)nc(N(CC)Cc3ccccc3)n2)CC1. The Morgan fingerprint density at radius 1 is 1.00 bits per heavy atom. The average molecular weight is 339 g/mol. The lowest BCUT2D eigenvalue weighted by molar-refractivity contribution is 0.270. The van der Waals surface area contributed by atoms with Gasteiger partial charge < -0.3 is 14.7 Å². The number of piperazine rings is 1.